The molecule has 2 fully saturated rings. The molecule has 0 bridgehead atoms. The van der Waals surface area contributed by atoms with Gasteiger partial charge in [-0.1, -0.05) is 43.7 Å². The standard InChI is InChI=1S/C21H31N5O4/c1-4-8-17-20(28)24(11-12-30-3)14-18-25(17)19(27)15-23(2)26(18)21(29)22-13-16-9-6-5-7-10-16/h5-7,9-10,17-18H,4,8,11-15H2,1-3H3,(H,22,29)/t17-,18?/m0/s1. The molecule has 0 saturated carbocycles. The maximum atomic E-state index is 13.1. The predicted octanol–water partition coefficient (Wildman–Crippen LogP) is 0.871. The lowest BCUT2D eigenvalue weighted by Gasteiger charge is -2.54. The highest BCUT2D eigenvalue weighted by molar-refractivity contribution is 5.91. The van der Waals surface area contributed by atoms with Gasteiger partial charge in [0.25, 0.3) is 0 Å². The maximum Gasteiger partial charge on any atom is 0.334 e. The third kappa shape index (κ3) is 4.57. The van der Waals surface area contributed by atoms with E-state index in [1.807, 2.05) is 37.3 Å². The number of nitrogens with one attached hydrogen (secondary N) is 1. The van der Waals surface area contributed by atoms with Gasteiger partial charge in [0.1, 0.15) is 12.2 Å². The molecule has 2 aliphatic heterocycles. The fraction of sp³-hybridized carbons (Fsp3) is 0.571. The number of carbonyl (C=O) groups is 3. The van der Waals surface area contributed by atoms with Crippen LogP contribution in [0.5, 0.6) is 0 Å². The number of likely N-dealkylation sites (N-methyl/N-ethyl adjacent to an activating group) is 1. The summed E-state index contributed by atoms with van der Waals surface area (Å²) in [5, 5.41) is 6.15. The number of fused-ring (bicyclic) bond motifs is 1. The van der Waals surface area contributed by atoms with Crippen molar-refractivity contribution in [2.75, 3.05) is 40.4 Å². The lowest BCUT2D eigenvalue weighted by Crippen LogP contribution is -2.76. The number of piperazine rings is 1. The first kappa shape index (κ1) is 22.0. The fourth-order valence-electron chi connectivity index (χ4n) is 4.11. The second-order valence-electron chi connectivity index (χ2n) is 7.67. The number of hydrazine groups is 1. The van der Waals surface area contributed by atoms with E-state index in [1.54, 1.807) is 34.0 Å². The second-order valence-corrected chi connectivity index (χ2v) is 7.67. The molecule has 30 heavy (non-hydrogen) atoms. The first-order valence-corrected chi connectivity index (χ1v) is 10.4. The van der Waals surface area contributed by atoms with Crippen LogP contribution in [0.15, 0.2) is 30.3 Å². The molecule has 1 unspecified atom stereocenters. The SMILES string of the molecule is CCC[C@H]1C(=O)N(CCOC)CC2N1C(=O)CN(C)N2C(=O)NCc1ccccc1. The van der Waals surface area contributed by atoms with Crippen molar-refractivity contribution in [2.45, 2.75) is 38.5 Å². The minimum absolute atomic E-state index is 0.0564. The van der Waals surface area contributed by atoms with Crippen LogP contribution >= 0.6 is 0 Å². The molecule has 2 atom stereocenters. The predicted molar refractivity (Wildman–Crippen MR) is 111 cm³/mol. The van der Waals surface area contributed by atoms with E-state index in [2.05, 4.69) is 5.32 Å². The molecule has 3 rings (SSSR count). The number of nitrogens with zero attached hydrogens (tertiary/aromatic N) is 4. The summed E-state index contributed by atoms with van der Waals surface area (Å²) in [6, 6.07) is 8.80. The van der Waals surface area contributed by atoms with Crippen LogP contribution in [0.4, 0.5) is 4.79 Å². The number of rotatable bonds is 7. The van der Waals surface area contributed by atoms with Crippen molar-refractivity contribution < 1.29 is 19.1 Å². The van der Waals surface area contributed by atoms with Gasteiger partial charge in [0.15, 0.2) is 0 Å². The Morgan fingerprint density at radius 2 is 1.97 bits per heavy atom. The largest absolute Gasteiger partial charge is 0.383 e. The van der Waals surface area contributed by atoms with Gasteiger partial charge < -0.3 is 19.9 Å². The zero-order chi connectivity index (χ0) is 21.7. The van der Waals surface area contributed by atoms with Crippen LogP contribution in [0, 0.1) is 0 Å². The summed E-state index contributed by atoms with van der Waals surface area (Å²) in [4.78, 5) is 42.3. The third-order valence-electron chi connectivity index (χ3n) is 5.56. The first-order valence-electron chi connectivity index (χ1n) is 10.4. The fourth-order valence-corrected chi connectivity index (χ4v) is 4.11. The van der Waals surface area contributed by atoms with Gasteiger partial charge in [-0.25, -0.2) is 14.8 Å². The summed E-state index contributed by atoms with van der Waals surface area (Å²) in [5.74, 6) is -0.208. The van der Waals surface area contributed by atoms with Crippen LogP contribution in [-0.4, -0.2) is 90.3 Å². The van der Waals surface area contributed by atoms with Gasteiger partial charge in [0.2, 0.25) is 11.8 Å². The summed E-state index contributed by atoms with van der Waals surface area (Å²) in [5.41, 5.74) is 0.989. The van der Waals surface area contributed by atoms with E-state index in [0.29, 0.717) is 26.1 Å². The van der Waals surface area contributed by atoms with Crippen LogP contribution in [0.2, 0.25) is 0 Å². The van der Waals surface area contributed by atoms with Gasteiger partial charge in [-0.3, -0.25) is 9.59 Å². The molecule has 2 saturated heterocycles. The lowest BCUT2D eigenvalue weighted by molar-refractivity contribution is -0.187. The van der Waals surface area contributed by atoms with Crippen molar-refractivity contribution in [3.8, 4) is 0 Å². The van der Waals surface area contributed by atoms with E-state index in [4.69, 9.17) is 4.74 Å². The van der Waals surface area contributed by atoms with E-state index >= 15 is 0 Å². The van der Waals surface area contributed by atoms with Crippen LogP contribution in [0.1, 0.15) is 25.3 Å². The van der Waals surface area contributed by atoms with Gasteiger partial charge >= 0.3 is 6.03 Å². The molecule has 0 spiro atoms. The highest BCUT2D eigenvalue weighted by Crippen LogP contribution is 2.27. The minimum atomic E-state index is -0.559. The second kappa shape index (κ2) is 9.90. The maximum absolute atomic E-state index is 13.1. The average Bonchev–Trinajstić information content (AvgIpc) is 2.73. The third-order valence-corrected chi connectivity index (χ3v) is 5.56. The molecule has 0 radical (unpaired) electrons. The number of hydrogen-bond acceptors (Lipinski definition) is 5. The van der Waals surface area contributed by atoms with Gasteiger partial charge in [0.05, 0.1) is 19.7 Å². The quantitative estimate of drug-likeness (QED) is 0.712. The van der Waals surface area contributed by atoms with Gasteiger partial charge in [-0.05, 0) is 12.0 Å². The van der Waals surface area contributed by atoms with Crippen molar-refractivity contribution in [3.63, 3.8) is 0 Å². The zero-order valence-corrected chi connectivity index (χ0v) is 17.9. The number of carbonyl (C=O) groups excluding carboxylic acids is 3. The molecule has 9 nitrogen and oxygen atoms in total. The molecule has 1 N–H and O–H groups in total. The number of hydrogen-bond donors (Lipinski definition) is 1. The van der Waals surface area contributed by atoms with Crippen LogP contribution in [-0.2, 0) is 20.9 Å². The van der Waals surface area contributed by atoms with E-state index in [0.717, 1.165) is 12.0 Å². The molecular weight excluding hydrogens is 386 g/mol. The van der Waals surface area contributed by atoms with Crippen molar-refractivity contribution in [2.24, 2.45) is 0 Å². The lowest BCUT2D eigenvalue weighted by atomic mass is 10.0. The normalized spacial score (nSPS) is 22.3. The molecule has 9 heteroatoms. The van der Waals surface area contributed by atoms with Gasteiger partial charge in [-0.15, -0.1) is 0 Å². The van der Waals surface area contributed by atoms with Crippen molar-refractivity contribution >= 4 is 17.8 Å². The van der Waals surface area contributed by atoms with Crippen molar-refractivity contribution in [1.29, 1.82) is 0 Å². The monoisotopic (exact) mass is 417 g/mol. The smallest absolute Gasteiger partial charge is 0.334 e. The number of ether oxygens (including phenoxy) is 1. The summed E-state index contributed by atoms with van der Waals surface area (Å²) < 4.78 is 5.15. The van der Waals surface area contributed by atoms with Crippen LogP contribution < -0.4 is 5.32 Å². The number of urea groups is 1. The van der Waals surface area contributed by atoms with Crippen LogP contribution in [0.25, 0.3) is 0 Å². The molecule has 1 aromatic rings. The Labute approximate surface area is 177 Å². The Hall–Kier alpha value is -2.65. The molecular formula is C21H31N5O4. The van der Waals surface area contributed by atoms with E-state index in [-0.39, 0.29) is 30.9 Å². The van der Waals surface area contributed by atoms with Gasteiger partial charge in [0, 0.05) is 27.2 Å². The Morgan fingerprint density at radius 3 is 2.63 bits per heavy atom. The average molecular weight is 418 g/mol. The Balaban J connectivity index is 1.82. The zero-order valence-electron chi connectivity index (χ0n) is 17.9. The number of methoxy groups -OCH3 is 1. The first-order chi connectivity index (χ1) is 14.5. The Bertz CT molecular complexity index is 759. The molecule has 1 aromatic carbocycles. The Kier molecular flexibility index (Phi) is 7.28. The molecule has 0 aliphatic carbocycles. The summed E-state index contributed by atoms with van der Waals surface area (Å²) in [6.07, 6.45) is 0.785. The molecule has 2 aliphatic rings. The molecule has 2 heterocycles. The number of benzene rings is 1. The van der Waals surface area contributed by atoms with Crippen molar-refractivity contribution in [1.82, 2.24) is 25.1 Å². The Morgan fingerprint density at radius 1 is 1.23 bits per heavy atom. The highest BCUT2D eigenvalue weighted by Gasteiger charge is 2.50. The van der Waals surface area contributed by atoms with Crippen molar-refractivity contribution in [3.05, 3.63) is 35.9 Å². The van der Waals surface area contributed by atoms with E-state index < -0.39 is 12.2 Å². The summed E-state index contributed by atoms with van der Waals surface area (Å²) in [7, 11) is 3.31. The molecule has 4 amide bonds. The molecule has 0 aromatic heterocycles. The van der Waals surface area contributed by atoms with E-state index in [9.17, 15) is 14.4 Å². The van der Waals surface area contributed by atoms with Gasteiger partial charge in [-0.2, -0.15) is 0 Å². The topological polar surface area (TPSA) is 85.4 Å². The van der Waals surface area contributed by atoms with Crippen LogP contribution in [0.3, 0.4) is 0 Å². The van der Waals surface area contributed by atoms with E-state index in [1.165, 1.54) is 0 Å². The molecule has 164 valence electrons. The minimum Gasteiger partial charge on any atom is -0.383 e. The summed E-state index contributed by atoms with van der Waals surface area (Å²) in [6.45, 7) is 3.52. The highest BCUT2D eigenvalue weighted by atomic mass is 16.5. The summed E-state index contributed by atoms with van der Waals surface area (Å²) >= 11 is 0. The number of amides is 4.